The van der Waals surface area contributed by atoms with Gasteiger partial charge in [-0.15, -0.1) is 0 Å². The van der Waals surface area contributed by atoms with Gasteiger partial charge in [0, 0.05) is 12.5 Å². The van der Waals surface area contributed by atoms with E-state index in [4.69, 9.17) is 17.2 Å². The Bertz CT molecular complexity index is 525. The fraction of sp³-hybridized carbons (Fsp3) is 0.789. The Labute approximate surface area is 161 Å². The third-order valence-corrected chi connectivity index (χ3v) is 4.91. The van der Waals surface area contributed by atoms with Crippen molar-refractivity contribution in [1.29, 1.82) is 0 Å². The van der Waals surface area contributed by atoms with E-state index in [1.165, 1.54) is 0 Å². The molecule has 0 radical (unpaired) electrons. The maximum absolute atomic E-state index is 13.1. The molecule has 0 spiro atoms. The highest BCUT2D eigenvalue weighted by Crippen LogP contribution is 2.27. The van der Waals surface area contributed by atoms with Gasteiger partial charge < -0.3 is 22.0 Å². The van der Waals surface area contributed by atoms with Crippen LogP contribution in [0.4, 0.5) is 0 Å². The van der Waals surface area contributed by atoms with Gasteiger partial charge in [0.05, 0.1) is 12.1 Å². The van der Waals surface area contributed by atoms with E-state index in [9.17, 15) is 14.4 Å². The summed E-state index contributed by atoms with van der Waals surface area (Å²) in [5.74, 6) is -0.750. The number of imide groups is 1. The zero-order valence-electron chi connectivity index (χ0n) is 16.6. The highest BCUT2D eigenvalue weighted by Gasteiger charge is 2.36. The van der Waals surface area contributed by atoms with E-state index in [0.29, 0.717) is 32.1 Å². The maximum Gasteiger partial charge on any atom is 0.246 e. The molecule has 0 aromatic rings. The van der Waals surface area contributed by atoms with E-state index < -0.39 is 18.0 Å². The number of guanidine groups is 1. The second-order valence-electron chi connectivity index (χ2n) is 7.77. The van der Waals surface area contributed by atoms with E-state index in [-0.39, 0.29) is 23.7 Å². The van der Waals surface area contributed by atoms with Crippen LogP contribution in [-0.2, 0) is 14.4 Å². The van der Waals surface area contributed by atoms with Crippen molar-refractivity contribution >= 4 is 24.1 Å². The fourth-order valence-corrected chi connectivity index (χ4v) is 3.54. The summed E-state index contributed by atoms with van der Waals surface area (Å²) in [5, 5.41) is 0. The molecule has 0 aromatic heterocycles. The van der Waals surface area contributed by atoms with Crippen LogP contribution in [0, 0.1) is 11.8 Å². The molecule has 8 nitrogen and oxygen atoms in total. The lowest BCUT2D eigenvalue weighted by molar-refractivity contribution is -0.154. The first-order valence-electron chi connectivity index (χ1n) is 9.91. The number of aldehydes is 1. The first-order valence-corrected chi connectivity index (χ1v) is 9.91. The summed E-state index contributed by atoms with van der Waals surface area (Å²) < 4.78 is 0. The first kappa shape index (κ1) is 23.1. The van der Waals surface area contributed by atoms with Crippen molar-refractivity contribution in [2.75, 3.05) is 6.54 Å². The number of hydrogen-bond acceptors (Lipinski definition) is 5. The number of aliphatic imine (C=N–C) groups is 1. The van der Waals surface area contributed by atoms with Gasteiger partial charge in [-0.3, -0.25) is 19.5 Å². The van der Waals surface area contributed by atoms with Crippen LogP contribution in [0.3, 0.4) is 0 Å². The largest absolute Gasteiger partial charge is 0.370 e. The van der Waals surface area contributed by atoms with Crippen molar-refractivity contribution in [1.82, 2.24) is 4.90 Å². The quantitative estimate of drug-likeness (QED) is 0.222. The van der Waals surface area contributed by atoms with Gasteiger partial charge in [-0.1, -0.05) is 33.1 Å². The van der Waals surface area contributed by atoms with Crippen LogP contribution in [0.25, 0.3) is 0 Å². The van der Waals surface area contributed by atoms with Crippen LogP contribution in [-0.4, -0.2) is 47.6 Å². The van der Waals surface area contributed by atoms with Crippen LogP contribution >= 0.6 is 0 Å². The number of nitrogens with two attached hydrogens (primary N) is 3. The van der Waals surface area contributed by atoms with E-state index >= 15 is 0 Å². The number of nitrogens with zero attached hydrogens (tertiary/aromatic N) is 2. The molecule has 1 fully saturated rings. The van der Waals surface area contributed by atoms with Crippen molar-refractivity contribution in [2.24, 2.45) is 34.0 Å². The number of hydrogen-bond donors (Lipinski definition) is 3. The van der Waals surface area contributed by atoms with Gasteiger partial charge in [0.2, 0.25) is 11.8 Å². The van der Waals surface area contributed by atoms with Gasteiger partial charge in [-0.2, -0.15) is 0 Å². The molecule has 8 heteroatoms. The zero-order chi connectivity index (χ0) is 20.4. The van der Waals surface area contributed by atoms with Crippen LogP contribution in [0.2, 0.25) is 0 Å². The van der Waals surface area contributed by atoms with Crippen molar-refractivity contribution in [3.05, 3.63) is 0 Å². The number of carbonyl (C=O) groups is 3. The van der Waals surface area contributed by atoms with E-state index in [0.717, 1.165) is 37.0 Å². The average Bonchev–Trinajstić information content (AvgIpc) is 2.63. The normalized spacial score (nSPS) is 17.2. The molecule has 1 aliphatic rings. The monoisotopic (exact) mass is 381 g/mol. The summed E-state index contributed by atoms with van der Waals surface area (Å²) in [6, 6.07) is -1.63. The minimum absolute atomic E-state index is 0.0252. The lowest BCUT2D eigenvalue weighted by atomic mass is 9.87. The molecule has 1 saturated carbocycles. The summed E-state index contributed by atoms with van der Waals surface area (Å²) in [6.45, 7) is 4.27. The van der Waals surface area contributed by atoms with E-state index in [1.807, 2.05) is 13.8 Å². The summed E-state index contributed by atoms with van der Waals surface area (Å²) in [6.07, 6.45) is 6.47. The highest BCUT2D eigenvalue weighted by atomic mass is 16.2. The van der Waals surface area contributed by atoms with Gasteiger partial charge >= 0.3 is 0 Å². The Morgan fingerprint density at radius 3 is 2.33 bits per heavy atom. The smallest absolute Gasteiger partial charge is 0.246 e. The van der Waals surface area contributed by atoms with Crippen LogP contribution < -0.4 is 17.2 Å². The Kier molecular flexibility index (Phi) is 9.99. The fourth-order valence-electron chi connectivity index (χ4n) is 3.54. The molecule has 1 rings (SSSR count). The molecular formula is C19H35N5O3. The molecule has 27 heavy (non-hydrogen) atoms. The van der Waals surface area contributed by atoms with Crippen molar-refractivity contribution in [3.63, 3.8) is 0 Å². The minimum atomic E-state index is -0.834. The summed E-state index contributed by atoms with van der Waals surface area (Å²) in [4.78, 5) is 42.8. The molecule has 0 saturated heterocycles. The molecule has 154 valence electrons. The molecule has 2 amide bonds. The maximum atomic E-state index is 13.1. The van der Waals surface area contributed by atoms with Crippen LogP contribution in [0.5, 0.6) is 0 Å². The second-order valence-corrected chi connectivity index (χ2v) is 7.77. The minimum Gasteiger partial charge on any atom is -0.370 e. The SMILES string of the molecule is CC(C)C[C@H](N)C(=O)N(C(=O)C1CCCCC1)[C@H](C=O)CCCN=C(N)N. The molecule has 0 unspecified atom stereocenters. The first-order chi connectivity index (χ1) is 12.8. The Balaban J connectivity index is 2.95. The van der Waals surface area contributed by atoms with Crippen LogP contribution in [0.15, 0.2) is 4.99 Å². The summed E-state index contributed by atoms with van der Waals surface area (Å²) in [5.41, 5.74) is 16.7. The number of amides is 2. The summed E-state index contributed by atoms with van der Waals surface area (Å²) in [7, 11) is 0. The molecule has 0 aliphatic heterocycles. The molecule has 6 N–H and O–H groups in total. The standard InChI is InChI=1S/C19H35N5O3/c1-13(2)11-16(20)18(27)24(17(26)14-7-4-3-5-8-14)15(12-25)9-6-10-23-19(21)22/h12-16H,3-11,20H2,1-2H3,(H4,21,22,23)/t15-,16-/m0/s1. The van der Waals surface area contributed by atoms with Crippen molar-refractivity contribution in [3.8, 4) is 0 Å². The summed E-state index contributed by atoms with van der Waals surface area (Å²) >= 11 is 0. The number of carbonyl (C=O) groups excluding carboxylic acids is 3. The average molecular weight is 382 g/mol. The lowest BCUT2D eigenvalue weighted by Crippen LogP contribution is -2.54. The van der Waals surface area contributed by atoms with Gasteiger partial charge in [-0.05, 0) is 38.0 Å². The highest BCUT2D eigenvalue weighted by molar-refractivity contribution is 6.01. The van der Waals surface area contributed by atoms with Gasteiger partial charge in [-0.25, -0.2) is 0 Å². The third-order valence-electron chi connectivity index (χ3n) is 4.91. The Hall–Kier alpha value is -1.96. The van der Waals surface area contributed by atoms with E-state index in [2.05, 4.69) is 4.99 Å². The lowest BCUT2D eigenvalue weighted by Gasteiger charge is -2.33. The number of rotatable bonds is 10. The Morgan fingerprint density at radius 1 is 1.19 bits per heavy atom. The van der Waals surface area contributed by atoms with Gasteiger partial charge in [0.1, 0.15) is 6.29 Å². The van der Waals surface area contributed by atoms with E-state index in [1.54, 1.807) is 0 Å². The van der Waals surface area contributed by atoms with Crippen molar-refractivity contribution < 1.29 is 14.4 Å². The molecule has 1 aliphatic carbocycles. The topological polar surface area (TPSA) is 145 Å². The predicted octanol–water partition coefficient (Wildman–Crippen LogP) is 0.916. The molecule has 0 bridgehead atoms. The van der Waals surface area contributed by atoms with Gasteiger partial charge in [0.25, 0.3) is 0 Å². The third kappa shape index (κ3) is 7.66. The van der Waals surface area contributed by atoms with Gasteiger partial charge in [0.15, 0.2) is 5.96 Å². The molecule has 2 atom stereocenters. The van der Waals surface area contributed by atoms with Crippen LogP contribution in [0.1, 0.15) is 65.2 Å². The van der Waals surface area contributed by atoms with Crippen molar-refractivity contribution in [2.45, 2.75) is 77.3 Å². The Morgan fingerprint density at radius 2 is 1.81 bits per heavy atom. The molecule has 0 heterocycles. The molecule has 0 aromatic carbocycles. The predicted molar refractivity (Wildman–Crippen MR) is 106 cm³/mol. The zero-order valence-corrected chi connectivity index (χ0v) is 16.6. The molecular weight excluding hydrogens is 346 g/mol. The second kappa shape index (κ2) is 11.7.